The molecule has 3 aliphatic carbocycles. The summed E-state index contributed by atoms with van der Waals surface area (Å²) in [5.41, 5.74) is 5.33. The second-order valence-electron chi connectivity index (χ2n) is 9.98. The van der Waals surface area contributed by atoms with Crippen LogP contribution in [0.15, 0.2) is 47.7 Å². The highest BCUT2D eigenvalue weighted by Gasteiger charge is 2.29. The Balaban J connectivity index is 1.34. The zero-order valence-corrected chi connectivity index (χ0v) is 19.3. The lowest BCUT2D eigenvalue weighted by Crippen LogP contribution is -2.23. The Morgan fingerprint density at radius 2 is 2.06 bits per heavy atom. The van der Waals surface area contributed by atoms with Gasteiger partial charge in [-0.15, -0.1) is 0 Å². The molecule has 2 atom stereocenters. The molecule has 1 N–H and O–H groups in total. The Kier molecular flexibility index (Phi) is 6.34. The van der Waals surface area contributed by atoms with E-state index in [1.807, 2.05) is 5.01 Å². The Morgan fingerprint density at radius 3 is 2.88 bits per heavy atom. The summed E-state index contributed by atoms with van der Waals surface area (Å²) in [4.78, 5) is 11.1. The van der Waals surface area contributed by atoms with Gasteiger partial charge in [0.15, 0.2) is 0 Å². The summed E-state index contributed by atoms with van der Waals surface area (Å²) in [5.74, 6) is 0.106. The second-order valence-corrected chi connectivity index (χ2v) is 9.98. The van der Waals surface area contributed by atoms with Gasteiger partial charge in [0.05, 0.1) is 29.7 Å². The average molecular weight is 447 g/mol. The molecule has 5 rings (SSSR count). The molecule has 0 aliphatic heterocycles. The van der Waals surface area contributed by atoms with Crippen LogP contribution in [-0.4, -0.2) is 33.6 Å². The van der Waals surface area contributed by atoms with Gasteiger partial charge in [-0.25, -0.2) is 4.79 Å². The number of anilines is 1. The first-order valence-corrected chi connectivity index (χ1v) is 12.5. The predicted octanol–water partition coefficient (Wildman–Crippen LogP) is 5.50. The molecule has 1 heterocycles. The molecule has 2 aromatic rings. The van der Waals surface area contributed by atoms with Gasteiger partial charge in [0.2, 0.25) is 0 Å². The van der Waals surface area contributed by atoms with Crippen LogP contribution in [0.4, 0.5) is 5.69 Å². The Bertz CT molecular complexity index is 1050. The van der Waals surface area contributed by atoms with Gasteiger partial charge in [0.1, 0.15) is 0 Å². The van der Waals surface area contributed by atoms with E-state index in [0.29, 0.717) is 17.9 Å². The van der Waals surface area contributed by atoms with Crippen LogP contribution in [0.1, 0.15) is 80.1 Å². The monoisotopic (exact) mass is 446 g/mol. The maximum Gasteiger partial charge on any atom is 0.336 e. The quantitative estimate of drug-likeness (QED) is 0.330. The van der Waals surface area contributed by atoms with E-state index < -0.39 is 5.97 Å². The van der Waals surface area contributed by atoms with Crippen molar-refractivity contribution in [1.82, 2.24) is 9.78 Å². The number of hydrogen-bond donors (Lipinski definition) is 1. The Labute approximate surface area is 196 Å². The molecule has 0 amide bonds. The smallest absolute Gasteiger partial charge is 0.336 e. The fraction of sp³-hybridized carbons (Fsp3) is 0.519. The molecule has 6 heteroatoms. The van der Waals surface area contributed by atoms with Gasteiger partial charge in [-0.05, 0) is 92.9 Å². The van der Waals surface area contributed by atoms with Crippen LogP contribution in [0.25, 0.3) is 0 Å². The van der Waals surface area contributed by atoms with Crippen molar-refractivity contribution in [2.75, 3.05) is 11.6 Å². The minimum absolute atomic E-state index is 0.00429. The fourth-order valence-corrected chi connectivity index (χ4v) is 5.42. The van der Waals surface area contributed by atoms with Crippen LogP contribution < -0.4 is 5.01 Å². The SMILES string of the molecule is C=C(/C=N\N(CC1CC1)c1cccc(C2CCCC(n3ncc4c3CCCC4)C2)c1)C(=O)O. The third-order valence-electron chi connectivity index (χ3n) is 7.48. The Morgan fingerprint density at radius 1 is 1.21 bits per heavy atom. The molecule has 0 saturated heterocycles. The number of aromatic nitrogens is 2. The highest BCUT2D eigenvalue weighted by molar-refractivity contribution is 6.07. The molecular weight excluding hydrogens is 412 g/mol. The average Bonchev–Trinajstić information content (AvgIpc) is 3.57. The second kappa shape index (κ2) is 9.54. The van der Waals surface area contributed by atoms with E-state index in [1.165, 1.54) is 80.8 Å². The van der Waals surface area contributed by atoms with E-state index >= 15 is 0 Å². The number of carboxylic acids is 1. The highest BCUT2D eigenvalue weighted by atomic mass is 16.4. The van der Waals surface area contributed by atoms with E-state index in [-0.39, 0.29) is 5.57 Å². The van der Waals surface area contributed by atoms with Gasteiger partial charge >= 0.3 is 5.97 Å². The summed E-state index contributed by atoms with van der Waals surface area (Å²) in [6.45, 7) is 4.40. The number of carbonyl (C=O) groups is 1. The van der Waals surface area contributed by atoms with E-state index in [2.05, 4.69) is 46.8 Å². The minimum Gasteiger partial charge on any atom is -0.478 e. The van der Waals surface area contributed by atoms with Crippen molar-refractivity contribution in [3.63, 3.8) is 0 Å². The summed E-state index contributed by atoms with van der Waals surface area (Å²) < 4.78 is 2.35. The first-order valence-electron chi connectivity index (χ1n) is 12.5. The maximum absolute atomic E-state index is 11.1. The summed E-state index contributed by atoms with van der Waals surface area (Å²) in [6, 6.07) is 9.18. The third-order valence-corrected chi connectivity index (χ3v) is 7.48. The van der Waals surface area contributed by atoms with Crippen LogP contribution in [0.3, 0.4) is 0 Å². The number of fused-ring (bicyclic) bond motifs is 1. The number of rotatable bonds is 8. The van der Waals surface area contributed by atoms with Crippen molar-refractivity contribution in [1.29, 1.82) is 0 Å². The highest BCUT2D eigenvalue weighted by Crippen LogP contribution is 2.41. The predicted molar refractivity (Wildman–Crippen MR) is 131 cm³/mol. The summed E-state index contributed by atoms with van der Waals surface area (Å²) in [5, 5.41) is 20.4. The lowest BCUT2D eigenvalue weighted by atomic mass is 9.81. The Hall–Kier alpha value is -2.89. The van der Waals surface area contributed by atoms with Gasteiger partial charge in [0, 0.05) is 12.2 Å². The van der Waals surface area contributed by atoms with Crippen LogP contribution >= 0.6 is 0 Å². The number of nitrogens with zero attached hydrogens (tertiary/aromatic N) is 4. The van der Waals surface area contributed by atoms with Crippen LogP contribution in [0, 0.1) is 5.92 Å². The van der Waals surface area contributed by atoms with E-state index in [0.717, 1.165) is 18.7 Å². The topological polar surface area (TPSA) is 70.7 Å². The first kappa shape index (κ1) is 21.9. The van der Waals surface area contributed by atoms with Crippen molar-refractivity contribution in [2.45, 2.75) is 76.2 Å². The molecule has 33 heavy (non-hydrogen) atoms. The van der Waals surface area contributed by atoms with E-state index in [1.54, 1.807) is 0 Å². The van der Waals surface area contributed by atoms with Crippen LogP contribution in [0.2, 0.25) is 0 Å². The molecule has 1 aromatic heterocycles. The maximum atomic E-state index is 11.1. The minimum atomic E-state index is -1.03. The molecule has 6 nitrogen and oxygen atoms in total. The lowest BCUT2D eigenvalue weighted by molar-refractivity contribution is -0.131. The summed E-state index contributed by atoms with van der Waals surface area (Å²) in [6.07, 6.45) is 15.6. The number of hydrazone groups is 1. The zero-order valence-electron chi connectivity index (χ0n) is 19.3. The normalized spacial score (nSPS) is 22.8. The molecule has 174 valence electrons. The van der Waals surface area contributed by atoms with Gasteiger partial charge in [-0.1, -0.05) is 25.1 Å². The molecule has 0 bridgehead atoms. The van der Waals surface area contributed by atoms with Crippen LogP contribution in [-0.2, 0) is 17.6 Å². The number of carboxylic acid groups (broad SMARTS) is 1. The van der Waals surface area contributed by atoms with Crippen LogP contribution in [0.5, 0.6) is 0 Å². The third kappa shape index (κ3) is 5.05. The summed E-state index contributed by atoms with van der Waals surface area (Å²) >= 11 is 0. The zero-order chi connectivity index (χ0) is 22.8. The number of hydrogen-bond acceptors (Lipinski definition) is 4. The molecule has 0 radical (unpaired) electrons. The molecule has 2 unspecified atom stereocenters. The molecular formula is C27H34N4O2. The van der Waals surface area contributed by atoms with E-state index in [4.69, 9.17) is 10.2 Å². The van der Waals surface area contributed by atoms with Crippen molar-refractivity contribution in [3.8, 4) is 0 Å². The fourth-order valence-electron chi connectivity index (χ4n) is 5.42. The van der Waals surface area contributed by atoms with E-state index in [9.17, 15) is 4.79 Å². The van der Waals surface area contributed by atoms with Crippen molar-refractivity contribution in [2.24, 2.45) is 11.0 Å². The molecule has 2 saturated carbocycles. The number of aryl methyl sites for hydroxylation is 1. The first-order chi connectivity index (χ1) is 16.1. The molecule has 0 spiro atoms. The van der Waals surface area contributed by atoms with Crippen molar-refractivity contribution >= 4 is 17.9 Å². The molecule has 1 aromatic carbocycles. The van der Waals surface area contributed by atoms with Gasteiger partial charge in [-0.2, -0.15) is 10.2 Å². The molecule has 3 aliphatic rings. The summed E-state index contributed by atoms with van der Waals surface area (Å²) in [7, 11) is 0. The van der Waals surface area contributed by atoms with Crippen molar-refractivity contribution in [3.05, 3.63) is 59.4 Å². The number of benzene rings is 1. The van der Waals surface area contributed by atoms with Gasteiger partial charge in [-0.3, -0.25) is 9.69 Å². The van der Waals surface area contributed by atoms with Gasteiger partial charge < -0.3 is 5.11 Å². The van der Waals surface area contributed by atoms with Gasteiger partial charge in [0.25, 0.3) is 0 Å². The lowest BCUT2D eigenvalue weighted by Gasteiger charge is -2.32. The molecule has 2 fully saturated rings. The number of aliphatic carboxylic acids is 1. The van der Waals surface area contributed by atoms with Crippen molar-refractivity contribution < 1.29 is 9.90 Å². The standard InChI is InChI=1S/C27H34N4O2/c1-19(27(32)33)16-28-30(18-20-12-13-20)24-9-4-7-21(14-24)22-8-5-10-25(15-22)31-26-11-3-2-6-23(26)17-29-31/h4,7,9,14,16-17,20,22,25H,1-3,5-6,8,10-13,15,18H2,(H,32,33)/b28-16-. The largest absolute Gasteiger partial charge is 0.478 e.